The highest BCUT2D eigenvalue weighted by atomic mass is 16.5. The van der Waals surface area contributed by atoms with Gasteiger partial charge in [0.2, 0.25) is 0 Å². The molecule has 4 aliphatic rings. The molecule has 0 atom stereocenters. The molecule has 0 amide bonds. The van der Waals surface area contributed by atoms with E-state index in [1.54, 1.807) is 0 Å². The molecule has 13 rings (SSSR count). The van der Waals surface area contributed by atoms with Crippen LogP contribution in [-0.4, -0.2) is 13.4 Å². The first-order valence-electron chi connectivity index (χ1n) is 20.5. The zero-order valence-electron chi connectivity index (χ0n) is 32.1. The summed E-state index contributed by atoms with van der Waals surface area (Å²) in [4.78, 5) is 5.12. The monoisotopic (exact) mass is 748 g/mol. The van der Waals surface area contributed by atoms with Crippen molar-refractivity contribution in [3.63, 3.8) is 0 Å². The van der Waals surface area contributed by atoms with Crippen molar-refractivity contribution in [1.82, 2.24) is 0 Å². The van der Waals surface area contributed by atoms with E-state index in [1.165, 1.54) is 77.8 Å². The number of fused-ring (bicyclic) bond motifs is 10. The topological polar surface area (TPSA) is 15.7 Å². The highest BCUT2D eigenvalue weighted by molar-refractivity contribution is 7.04. The average Bonchev–Trinajstić information content (AvgIpc) is 3.31. The highest BCUT2D eigenvalue weighted by Crippen LogP contribution is 2.52. The zero-order valence-corrected chi connectivity index (χ0v) is 32.1. The molecule has 59 heavy (non-hydrogen) atoms. The molecule has 9 aromatic rings. The van der Waals surface area contributed by atoms with Gasteiger partial charge in [0.15, 0.2) is 0 Å². The SMILES string of the molecule is c1ccc(-c2cc(-c3ccccc3)c(N3c4ccccc4B4c5ccccc5N5c6ccccc6B6c7ccccc7Oc7cc3c4c5c76)c(-c3ccccc3)c2)cc1. The first kappa shape index (κ1) is 32.6. The van der Waals surface area contributed by atoms with Gasteiger partial charge in [-0.2, -0.15) is 0 Å². The molecule has 0 aromatic heterocycles. The number of hydrogen-bond donors (Lipinski definition) is 0. The van der Waals surface area contributed by atoms with Gasteiger partial charge >= 0.3 is 0 Å². The number of anilines is 6. The number of ether oxygens (including phenoxy) is 1. The van der Waals surface area contributed by atoms with E-state index in [0.717, 1.165) is 34.0 Å². The van der Waals surface area contributed by atoms with Crippen LogP contribution in [0.3, 0.4) is 0 Å². The second kappa shape index (κ2) is 12.5. The molecule has 0 saturated heterocycles. The molecular formula is C54H34B2N2O. The lowest BCUT2D eigenvalue weighted by atomic mass is 9.29. The molecule has 5 heteroatoms. The van der Waals surface area contributed by atoms with Gasteiger partial charge in [0.05, 0.1) is 5.69 Å². The summed E-state index contributed by atoms with van der Waals surface area (Å²) in [7, 11) is 0. The first-order valence-corrected chi connectivity index (χ1v) is 20.5. The third-order valence-electron chi connectivity index (χ3n) is 12.9. The second-order valence-corrected chi connectivity index (χ2v) is 15.9. The molecule has 4 aliphatic heterocycles. The molecule has 272 valence electrons. The molecule has 0 aliphatic carbocycles. The van der Waals surface area contributed by atoms with Crippen LogP contribution in [0.2, 0.25) is 0 Å². The van der Waals surface area contributed by atoms with Gasteiger partial charge in [-0.05, 0) is 91.4 Å². The maximum atomic E-state index is 7.13. The Hall–Kier alpha value is -7.49. The molecule has 3 nitrogen and oxygen atoms in total. The van der Waals surface area contributed by atoms with Gasteiger partial charge in [-0.25, -0.2) is 0 Å². The van der Waals surface area contributed by atoms with Gasteiger partial charge in [-0.15, -0.1) is 0 Å². The molecule has 0 radical (unpaired) electrons. The number of rotatable bonds is 4. The van der Waals surface area contributed by atoms with Crippen molar-refractivity contribution in [3.05, 3.63) is 206 Å². The van der Waals surface area contributed by atoms with Crippen LogP contribution in [0.15, 0.2) is 206 Å². The summed E-state index contributed by atoms with van der Waals surface area (Å²) in [6.45, 7) is 0.0429. The standard InChI is InChI=1S/C54H34B2N2O/c1-4-18-35(19-5-1)38-32-39(36-20-6-2-7-21-36)53(40(33-38)37-22-8-3-9-23-37)58-47-30-16-11-25-42(47)55-41-24-10-14-28-45(41)57-46-29-15-12-26-43(46)56-44-27-13-17-31-49(44)59-50-34-48(58)51(55)54(57)52(50)56/h1-34H. The molecule has 4 heterocycles. The normalized spacial score (nSPS) is 13.4. The van der Waals surface area contributed by atoms with Crippen molar-refractivity contribution >= 4 is 80.3 Å². The molecule has 0 unspecified atom stereocenters. The number of para-hydroxylation sites is 4. The van der Waals surface area contributed by atoms with Crippen molar-refractivity contribution in [2.75, 3.05) is 9.80 Å². The van der Waals surface area contributed by atoms with Crippen LogP contribution in [0.1, 0.15) is 0 Å². The summed E-state index contributed by atoms with van der Waals surface area (Å²) in [5.74, 6) is 1.82. The Morgan fingerprint density at radius 2 is 0.729 bits per heavy atom. The minimum absolute atomic E-state index is 0.0113. The van der Waals surface area contributed by atoms with Crippen LogP contribution in [-0.2, 0) is 0 Å². The molecule has 0 spiro atoms. The van der Waals surface area contributed by atoms with Crippen LogP contribution in [0.4, 0.5) is 34.1 Å². The summed E-state index contributed by atoms with van der Waals surface area (Å²) >= 11 is 0. The first-order chi connectivity index (χ1) is 29.3. The maximum Gasteiger partial charge on any atom is 0.256 e. The Morgan fingerprint density at radius 1 is 0.305 bits per heavy atom. The van der Waals surface area contributed by atoms with Crippen LogP contribution < -0.4 is 47.3 Å². The highest BCUT2D eigenvalue weighted by Gasteiger charge is 2.51. The number of benzene rings is 9. The summed E-state index contributed by atoms with van der Waals surface area (Å²) < 4.78 is 7.13. The Morgan fingerprint density at radius 3 is 1.27 bits per heavy atom. The van der Waals surface area contributed by atoms with Crippen molar-refractivity contribution < 1.29 is 4.74 Å². The fourth-order valence-electron chi connectivity index (χ4n) is 10.5. The predicted octanol–water partition coefficient (Wildman–Crippen LogP) is 9.71. The van der Waals surface area contributed by atoms with Gasteiger partial charge in [-0.3, -0.25) is 0 Å². The minimum Gasteiger partial charge on any atom is -0.458 e. The van der Waals surface area contributed by atoms with Crippen molar-refractivity contribution in [2.45, 2.75) is 0 Å². The summed E-state index contributed by atoms with van der Waals surface area (Å²) in [6.07, 6.45) is 0. The fraction of sp³-hybridized carbons (Fsp3) is 0. The Labute approximate surface area is 344 Å². The lowest BCUT2D eigenvalue weighted by molar-refractivity contribution is 0.488. The van der Waals surface area contributed by atoms with Crippen LogP contribution in [0, 0.1) is 0 Å². The van der Waals surface area contributed by atoms with Gasteiger partial charge in [0.1, 0.15) is 11.5 Å². The zero-order chi connectivity index (χ0) is 38.6. The summed E-state index contributed by atoms with van der Waals surface area (Å²) in [6, 6.07) is 75.6. The third-order valence-corrected chi connectivity index (χ3v) is 12.9. The largest absolute Gasteiger partial charge is 0.458 e. The van der Waals surface area contributed by atoms with E-state index in [4.69, 9.17) is 4.74 Å². The molecule has 0 bridgehead atoms. The Balaban J connectivity index is 1.20. The van der Waals surface area contributed by atoms with Gasteiger partial charge in [0.25, 0.3) is 13.4 Å². The van der Waals surface area contributed by atoms with Gasteiger partial charge in [0, 0.05) is 45.6 Å². The predicted molar refractivity (Wildman–Crippen MR) is 248 cm³/mol. The van der Waals surface area contributed by atoms with Crippen molar-refractivity contribution in [1.29, 1.82) is 0 Å². The second-order valence-electron chi connectivity index (χ2n) is 15.9. The molecule has 0 saturated carbocycles. The van der Waals surface area contributed by atoms with E-state index in [9.17, 15) is 0 Å². The average molecular weight is 749 g/mol. The number of nitrogens with zero attached hydrogens (tertiary/aromatic N) is 2. The Kier molecular flexibility index (Phi) is 6.90. The molecule has 0 N–H and O–H groups in total. The van der Waals surface area contributed by atoms with E-state index in [1.807, 2.05) is 0 Å². The van der Waals surface area contributed by atoms with E-state index in [0.29, 0.717) is 0 Å². The lowest BCUT2D eigenvalue weighted by Gasteiger charge is -2.49. The Bertz CT molecular complexity index is 3100. The van der Waals surface area contributed by atoms with Crippen LogP contribution >= 0.6 is 0 Å². The van der Waals surface area contributed by atoms with E-state index in [-0.39, 0.29) is 13.4 Å². The molecule has 9 aromatic carbocycles. The van der Waals surface area contributed by atoms with E-state index in [2.05, 4.69) is 216 Å². The quantitative estimate of drug-likeness (QED) is 0.167. The number of hydrogen-bond acceptors (Lipinski definition) is 3. The van der Waals surface area contributed by atoms with E-state index >= 15 is 0 Å². The smallest absolute Gasteiger partial charge is 0.256 e. The molecular weight excluding hydrogens is 714 g/mol. The minimum atomic E-state index is 0.0113. The third kappa shape index (κ3) is 4.61. The van der Waals surface area contributed by atoms with Gasteiger partial charge < -0.3 is 14.5 Å². The summed E-state index contributed by atoms with van der Waals surface area (Å²) in [5.41, 5.74) is 21.8. The summed E-state index contributed by atoms with van der Waals surface area (Å²) in [5, 5.41) is 0. The lowest BCUT2D eigenvalue weighted by Crippen LogP contribution is -2.67. The van der Waals surface area contributed by atoms with E-state index < -0.39 is 0 Å². The molecule has 0 fully saturated rings. The maximum absolute atomic E-state index is 7.13. The fourth-order valence-corrected chi connectivity index (χ4v) is 10.5. The van der Waals surface area contributed by atoms with Crippen molar-refractivity contribution in [3.8, 4) is 44.9 Å². The van der Waals surface area contributed by atoms with Crippen LogP contribution in [0.5, 0.6) is 11.5 Å². The van der Waals surface area contributed by atoms with Crippen molar-refractivity contribution in [2.24, 2.45) is 0 Å². The van der Waals surface area contributed by atoms with Crippen LogP contribution in [0.25, 0.3) is 33.4 Å². The van der Waals surface area contributed by atoms with Gasteiger partial charge in [-0.1, -0.05) is 164 Å².